The van der Waals surface area contributed by atoms with E-state index in [0.717, 1.165) is 24.6 Å². The summed E-state index contributed by atoms with van der Waals surface area (Å²) in [5, 5.41) is 0. The summed E-state index contributed by atoms with van der Waals surface area (Å²) in [4.78, 5) is 2.42. The van der Waals surface area contributed by atoms with Gasteiger partial charge in [-0.2, -0.15) is 0 Å². The average Bonchev–Trinajstić information content (AvgIpc) is 2.64. The van der Waals surface area contributed by atoms with Crippen LogP contribution in [-0.2, 0) is 6.54 Å². The maximum Gasteiger partial charge on any atom is 0.123 e. The van der Waals surface area contributed by atoms with Gasteiger partial charge in [-0.25, -0.2) is 0 Å². The van der Waals surface area contributed by atoms with E-state index < -0.39 is 0 Å². The van der Waals surface area contributed by atoms with E-state index in [1.165, 1.54) is 36.9 Å². The van der Waals surface area contributed by atoms with E-state index in [4.69, 9.17) is 9.47 Å². The lowest BCUT2D eigenvalue weighted by atomic mass is 10.1. The fraction of sp³-hybridized carbons (Fsp3) is 0.429. The van der Waals surface area contributed by atoms with E-state index in [0.29, 0.717) is 0 Å². The van der Waals surface area contributed by atoms with Crippen molar-refractivity contribution < 1.29 is 9.47 Å². The molecule has 0 amide bonds. The molecule has 0 radical (unpaired) electrons. The van der Waals surface area contributed by atoms with Crippen LogP contribution in [0.3, 0.4) is 0 Å². The molecule has 0 heterocycles. The lowest BCUT2D eigenvalue weighted by molar-refractivity contribution is 0.409. The number of methoxy groups -OCH3 is 2. The molecular weight excluding hydrogens is 298 g/mol. The van der Waals surface area contributed by atoms with Crippen molar-refractivity contribution in [1.29, 1.82) is 0 Å². The van der Waals surface area contributed by atoms with Gasteiger partial charge in [-0.15, -0.1) is 0 Å². The van der Waals surface area contributed by atoms with Crippen molar-refractivity contribution in [1.82, 2.24) is 0 Å². The first-order valence-corrected chi connectivity index (χ1v) is 8.79. The normalized spacial score (nSPS) is 10.5. The second kappa shape index (κ2) is 9.86. The molecule has 0 aromatic heterocycles. The monoisotopic (exact) mass is 327 g/mol. The second-order valence-corrected chi connectivity index (χ2v) is 5.99. The first-order chi connectivity index (χ1) is 11.8. The number of rotatable bonds is 10. The predicted molar refractivity (Wildman–Crippen MR) is 101 cm³/mol. The zero-order chi connectivity index (χ0) is 17.2. The molecule has 2 rings (SSSR count). The van der Waals surface area contributed by atoms with Gasteiger partial charge in [0.1, 0.15) is 11.5 Å². The van der Waals surface area contributed by atoms with Crippen molar-refractivity contribution in [3.63, 3.8) is 0 Å². The summed E-state index contributed by atoms with van der Waals surface area (Å²) in [6, 6.07) is 16.6. The lowest BCUT2D eigenvalue weighted by Crippen LogP contribution is -2.24. The zero-order valence-electron chi connectivity index (χ0n) is 15.1. The number of para-hydroxylation sites is 1. The third-order valence-corrected chi connectivity index (χ3v) is 4.27. The molecule has 0 fully saturated rings. The molecule has 0 spiro atoms. The molecule has 0 N–H and O–H groups in total. The molecule has 0 saturated carbocycles. The van der Waals surface area contributed by atoms with Gasteiger partial charge < -0.3 is 14.4 Å². The molecule has 2 aromatic carbocycles. The Labute approximate surface area is 146 Å². The highest BCUT2D eigenvalue weighted by Crippen LogP contribution is 2.25. The Morgan fingerprint density at radius 2 is 1.58 bits per heavy atom. The number of anilines is 1. The van der Waals surface area contributed by atoms with Gasteiger partial charge in [-0.3, -0.25) is 0 Å². The van der Waals surface area contributed by atoms with E-state index in [9.17, 15) is 0 Å². The highest BCUT2D eigenvalue weighted by Gasteiger charge is 2.11. The molecule has 0 unspecified atom stereocenters. The van der Waals surface area contributed by atoms with Crippen molar-refractivity contribution in [3.05, 3.63) is 54.1 Å². The fourth-order valence-corrected chi connectivity index (χ4v) is 2.86. The maximum absolute atomic E-state index is 5.51. The Bertz CT molecular complexity index is 595. The van der Waals surface area contributed by atoms with E-state index in [1.807, 2.05) is 24.3 Å². The van der Waals surface area contributed by atoms with Crippen molar-refractivity contribution >= 4 is 5.69 Å². The van der Waals surface area contributed by atoms with Gasteiger partial charge in [0.25, 0.3) is 0 Å². The Balaban J connectivity index is 2.14. The van der Waals surface area contributed by atoms with Crippen LogP contribution < -0.4 is 14.4 Å². The van der Waals surface area contributed by atoms with Crippen molar-refractivity contribution in [3.8, 4) is 11.5 Å². The van der Waals surface area contributed by atoms with Crippen LogP contribution in [0.2, 0.25) is 0 Å². The topological polar surface area (TPSA) is 21.7 Å². The molecule has 2 aromatic rings. The maximum atomic E-state index is 5.51. The predicted octanol–water partition coefficient (Wildman–Crippen LogP) is 5.29. The van der Waals surface area contributed by atoms with Gasteiger partial charge in [0.15, 0.2) is 0 Å². The first kappa shape index (κ1) is 18.2. The molecule has 24 heavy (non-hydrogen) atoms. The second-order valence-electron chi connectivity index (χ2n) is 5.99. The molecule has 130 valence electrons. The third kappa shape index (κ3) is 5.19. The molecule has 0 aliphatic rings. The summed E-state index contributed by atoms with van der Waals surface area (Å²) in [6.45, 7) is 4.14. The van der Waals surface area contributed by atoms with E-state index in [2.05, 4.69) is 36.1 Å². The number of hydrogen-bond acceptors (Lipinski definition) is 3. The van der Waals surface area contributed by atoms with Crippen LogP contribution in [0, 0.1) is 0 Å². The SMILES string of the molecule is CCCCCCN(Cc1ccccc1OC)c1ccc(OC)cc1. The molecule has 0 aliphatic heterocycles. The summed E-state index contributed by atoms with van der Waals surface area (Å²) < 4.78 is 10.8. The summed E-state index contributed by atoms with van der Waals surface area (Å²) in [7, 11) is 3.43. The number of hydrogen-bond donors (Lipinski definition) is 0. The molecule has 0 saturated heterocycles. The zero-order valence-corrected chi connectivity index (χ0v) is 15.1. The van der Waals surface area contributed by atoms with Gasteiger partial charge in [0, 0.05) is 24.3 Å². The summed E-state index contributed by atoms with van der Waals surface area (Å²) in [5.41, 5.74) is 2.43. The molecule has 0 atom stereocenters. The largest absolute Gasteiger partial charge is 0.497 e. The highest BCUT2D eigenvalue weighted by atomic mass is 16.5. The van der Waals surface area contributed by atoms with Gasteiger partial charge in [0.2, 0.25) is 0 Å². The van der Waals surface area contributed by atoms with Gasteiger partial charge in [-0.05, 0) is 36.8 Å². The molecule has 0 aliphatic carbocycles. The van der Waals surface area contributed by atoms with Crippen LogP contribution in [0.5, 0.6) is 11.5 Å². The smallest absolute Gasteiger partial charge is 0.123 e. The van der Waals surface area contributed by atoms with Crippen LogP contribution in [0.15, 0.2) is 48.5 Å². The van der Waals surface area contributed by atoms with Crippen LogP contribution >= 0.6 is 0 Å². The fourth-order valence-electron chi connectivity index (χ4n) is 2.86. The first-order valence-electron chi connectivity index (χ1n) is 8.79. The summed E-state index contributed by atoms with van der Waals surface area (Å²) >= 11 is 0. The van der Waals surface area contributed by atoms with E-state index >= 15 is 0 Å². The van der Waals surface area contributed by atoms with Crippen molar-refractivity contribution in [2.45, 2.75) is 39.2 Å². The lowest BCUT2D eigenvalue weighted by Gasteiger charge is -2.26. The van der Waals surface area contributed by atoms with Gasteiger partial charge in [0.05, 0.1) is 14.2 Å². The Morgan fingerprint density at radius 3 is 2.25 bits per heavy atom. The quantitative estimate of drug-likeness (QED) is 0.553. The van der Waals surface area contributed by atoms with Gasteiger partial charge in [-0.1, -0.05) is 44.4 Å². The minimum Gasteiger partial charge on any atom is -0.497 e. The number of nitrogens with zero attached hydrogens (tertiary/aromatic N) is 1. The molecular formula is C21H29NO2. The highest BCUT2D eigenvalue weighted by molar-refractivity contribution is 5.50. The number of unbranched alkanes of at least 4 members (excludes halogenated alkanes) is 3. The average molecular weight is 327 g/mol. The van der Waals surface area contributed by atoms with E-state index in [-0.39, 0.29) is 0 Å². The summed E-state index contributed by atoms with van der Waals surface area (Å²) in [5.74, 6) is 1.84. The summed E-state index contributed by atoms with van der Waals surface area (Å²) in [6.07, 6.45) is 5.03. The number of benzene rings is 2. The minimum atomic E-state index is 0.850. The van der Waals surface area contributed by atoms with Crippen molar-refractivity contribution in [2.75, 3.05) is 25.7 Å². The Hall–Kier alpha value is -2.16. The standard InChI is InChI=1S/C21H29NO2/c1-4-5-6-9-16-22(19-12-14-20(23-2)15-13-19)17-18-10-7-8-11-21(18)24-3/h7-8,10-15H,4-6,9,16-17H2,1-3H3. The third-order valence-electron chi connectivity index (χ3n) is 4.27. The van der Waals surface area contributed by atoms with Crippen LogP contribution in [0.1, 0.15) is 38.2 Å². The van der Waals surface area contributed by atoms with Gasteiger partial charge >= 0.3 is 0 Å². The van der Waals surface area contributed by atoms with E-state index in [1.54, 1.807) is 14.2 Å². The number of ether oxygens (including phenoxy) is 2. The molecule has 3 nitrogen and oxygen atoms in total. The van der Waals surface area contributed by atoms with Crippen LogP contribution in [-0.4, -0.2) is 20.8 Å². The Kier molecular flexibility index (Phi) is 7.47. The molecule has 0 bridgehead atoms. The van der Waals surface area contributed by atoms with Crippen molar-refractivity contribution in [2.24, 2.45) is 0 Å². The minimum absolute atomic E-state index is 0.850. The Morgan fingerprint density at radius 1 is 0.833 bits per heavy atom. The van der Waals surface area contributed by atoms with Crippen LogP contribution in [0.4, 0.5) is 5.69 Å². The molecule has 3 heteroatoms. The van der Waals surface area contributed by atoms with Crippen LogP contribution in [0.25, 0.3) is 0 Å².